The first-order valence-corrected chi connectivity index (χ1v) is 9.37. The molecule has 0 amide bonds. The van der Waals surface area contributed by atoms with Crippen molar-refractivity contribution in [3.8, 4) is 5.75 Å². The predicted molar refractivity (Wildman–Crippen MR) is 123 cm³/mol. The van der Waals surface area contributed by atoms with Crippen LogP contribution in [0, 0.1) is 0 Å². The molecule has 2 N–H and O–H groups in total. The molecule has 7 heteroatoms. The number of ether oxygens (including phenoxy) is 1. The minimum absolute atomic E-state index is 0. The highest BCUT2D eigenvalue weighted by molar-refractivity contribution is 14.0. The minimum atomic E-state index is 0. The van der Waals surface area contributed by atoms with E-state index in [1.54, 1.807) is 7.05 Å². The van der Waals surface area contributed by atoms with Crippen molar-refractivity contribution < 1.29 is 4.74 Å². The number of halogens is 2. The number of guanidine groups is 1. The largest absolute Gasteiger partial charge is 0.489 e. The van der Waals surface area contributed by atoms with E-state index in [0.717, 1.165) is 31.2 Å². The Bertz CT molecular complexity index is 511. The van der Waals surface area contributed by atoms with Crippen LogP contribution in [-0.2, 0) is 0 Å². The molecule has 0 radical (unpaired) electrons. The summed E-state index contributed by atoms with van der Waals surface area (Å²) in [4.78, 5) is 6.61. The Hall–Kier alpha value is -0.730. The molecule has 0 bridgehead atoms. The summed E-state index contributed by atoms with van der Waals surface area (Å²) in [5.41, 5.74) is 0. The molecule has 1 aromatic carbocycles. The Morgan fingerprint density at radius 1 is 1.15 bits per heavy atom. The minimum Gasteiger partial charge on any atom is -0.489 e. The van der Waals surface area contributed by atoms with E-state index < -0.39 is 0 Å². The van der Waals surface area contributed by atoms with Crippen molar-refractivity contribution in [1.29, 1.82) is 0 Å². The second-order valence-electron chi connectivity index (χ2n) is 6.54. The van der Waals surface area contributed by atoms with Gasteiger partial charge in [-0.2, -0.15) is 0 Å². The smallest absolute Gasteiger partial charge is 0.191 e. The number of hydrogen-bond donors (Lipinski definition) is 2. The van der Waals surface area contributed by atoms with Gasteiger partial charge < -0.3 is 20.3 Å². The fourth-order valence-corrected chi connectivity index (χ4v) is 2.33. The van der Waals surface area contributed by atoms with Gasteiger partial charge in [-0.05, 0) is 71.5 Å². The molecule has 1 atom stereocenters. The lowest BCUT2D eigenvalue weighted by Crippen LogP contribution is -2.42. The van der Waals surface area contributed by atoms with Gasteiger partial charge in [0.1, 0.15) is 11.9 Å². The summed E-state index contributed by atoms with van der Waals surface area (Å²) in [6.07, 6.45) is 2.32. The molecule has 0 spiro atoms. The van der Waals surface area contributed by atoms with Gasteiger partial charge in [-0.25, -0.2) is 0 Å². The highest BCUT2D eigenvalue weighted by atomic mass is 127. The first-order valence-electron chi connectivity index (χ1n) is 8.99. The average Bonchev–Trinajstić information content (AvgIpc) is 2.59. The summed E-state index contributed by atoms with van der Waals surface area (Å²) < 4.78 is 5.85. The first kappa shape index (κ1) is 25.3. The Kier molecular flexibility index (Phi) is 13.9. The number of nitrogens with one attached hydrogen (secondary N) is 2. The van der Waals surface area contributed by atoms with Crippen LogP contribution in [0.3, 0.4) is 0 Å². The van der Waals surface area contributed by atoms with Crippen LogP contribution in [-0.4, -0.2) is 56.7 Å². The van der Waals surface area contributed by atoms with Gasteiger partial charge in [0.2, 0.25) is 0 Å². The number of nitrogens with zero attached hydrogens (tertiary/aromatic N) is 2. The molecule has 150 valence electrons. The van der Waals surface area contributed by atoms with Crippen LogP contribution in [0.4, 0.5) is 0 Å². The van der Waals surface area contributed by atoms with Crippen molar-refractivity contribution in [1.82, 2.24) is 15.5 Å². The van der Waals surface area contributed by atoms with Crippen molar-refractivity contribution in [3.63, 3.8) is 0 Å². The normalized spacial score (nSPS) is 12.7. The maximum atomic E-state index is 5.88. The van der Waals surface area contributed by atoms with Crippen LogP contribution in [0.2, 0.25) is 5.02 Å². The quantitative estimate of drug-likeness (QED) is 0.222. The molecule has 0 heterocycles. The zero-order valence-electron chi connectivity index (χ0n) is 16.6. The molecule has 1 rings (SSSR count). The average molecular weight is 497 g/mol. The van der Waals surface area contributed by atoms with Crippen LogP contribution >= 0.6 is 35.6 Å². The summed E-state index contributed by atoms with van der Waals surface area (Å²) in [5.74, 6) is 1.62. The fourth-order valence-electron chi connectivity index (χ4n) is 2.20. The summed E-state index contributed by atoms with van der Waals surface area (Å²) in [6.45, 7) is 9.18. The van der Waals surface area contributed by atoms with Crippen molar-refractivity contribution >= 4 is 41.5 Å². The number of benzene rings is 1. The molecule has 0 fully saturated rings. The maximum absolute atomic E-state index is 5.88. The first-order chi connectivity index (χ1) is 11.9. The number of rotatable bonds is 10. The molecule has 26 heavy (non-hydrogen) atoms. The van der Waals surface area contributed by atoms with Gasteiger partial charge in [-0.15, -0.1) is 24.0 Å². The van der Waals surface area contributed by atoms with E-state index in [4.69, 9.17) is 16.3 Å². The summed E-state index contributed by atoms with van der Waals surface area (Å²) in [6, 6.07) is 8.01. The van der Waals surface area contributed by atoms with Gasteiger partial charge in [0.15, 0.2) is 5.96 Å². The standard InChI is InChI=1S/C19H33ClN4O.HI/c1-15(2)24(5)13-7-6-12-22-19(21-4)23-14-16(3)25-18-10-8-17(20)9-11-18;/h8-11,15-16H,6-7,12-14H2,1-5H3,(H2,21,22,23);1H. The van der Waals surface area contributed by atoms with Crippen LogP contribution in [0.25, 0.3) is 0 Å². The summed E-state index contributed by atoms with van der Waals surface area (Å²) in [5, 5.41) is 7.35. The van der Waals surface area contributed by atoms with Gasteiger partial charge in [-0.3, -0.25) is 4.99 Å². The van der Waals surface area contributed by atoms with Crippen LogP contribution in [0.1, 0.15) is 33.6 Å². The Morgan fingerprint density at radius 2 is 1.81 bits per heavy atom. The molecule has 0 saturated heterocycles. The van der Waals surface area contributed by atoms with Crippen molar-refractivity contribution in [2.24, 2.45) is 4.99 Å². The van der Waals surface area contributed by atoms with E-state index >= 15 is 0 Å². The van der Waals surface area contributed by atoms with E-state index in [0.29, 0.717) is 17.6 Å². The number of aliphatic imine (C=N–C) groups is 1. The second-order valence-corrected chi connectivity index (χ2v) is 6.98. The van der Waals surface area contributed by atoms with Gasteiger partial charge in [0.05, 0.1) is 6.54 Å². The molecule has 0 aliphatic heterocycles. The third-order valence-electron chi connectivity index (χ3n) is 4.04. The molecular weight excluding hydrogens is 463 g/mol. The van der Waals surface area contributed by atoms with Gasteiger partial charge in [0.25, 0.3) is 0 Å². The highest BCUT2D eigenvalue weighted by Gasteiger charge is 2.06. The molecule has 1 unspecified atom stereocenters. The predicted octanol–water partition coefficient (Wildman–Crippen LogP) is 4.01. The summed E-state index contributed by atoms with van der Waals surface area (Å²) in [7, 11) is 3.95. The third-order valence-corrected chi connectivity index (χ3v) is 4.30. The Labute approximate surface area is 180 Å². The number of hydrogen-bond acceptors (Lipinski definition) is 3. The molecule has 0 aromatic heterocycles. The third kappa shape index (κ3) is 11.1. The van der Waals surface area contributed by atoms with E-state index in [-0.39, 0.29) is 30.1 Å². The van der Waals surface area contributed by atoms with Gasteiger partial charge in [-0.1, -0.05) is 11.6 Å². The molecule has 0 aliphatic carbocycles. The van der Waals surface area contributed by atoms with Crippen molar-refractivity contribution in [2.75, 3.05) is 33.7 Å². The van der Waals surface area contributed by atoms with E-state index in [9.17, 15) is 0 Å². The van der Waals surface area contributed by atoms with Gasteiger partial charge in [0, 0.05) is 24.7 Å². The van der Waals surface area contributed by atoms with Crippen molar-refractivity contribution in [2.45, 2.75) is 45.8 Å². The van der Waals surface area contributed by atoms with E-state index in [1.165, 1.54) is 6.42 Å². The van der Waals surface area contributed by atoms with Crippen molar-refractivity contribution in [3.05, 3.63) is 29.3 Å². The van der Waals surface area contributed by atoms with Crippen LogP contribution in [0.5, 0.6) is 5.75 Å². The van der Waals surface area contributed by atoms with Crippen LogP contribution in [0.15, 0.2) is 29.3 Å². The zero-order chi connectivity index (χ0) is 18.7. The maximum Gasteiger partial charge on any atom is 0.191 e. The topological polar surface area (TPSA) is 48.9 Å². The molecule has 0 aliphatic rings. The zero-order valence-corrected chi connectivity index (χ0v) is 19.7. The van der Waals surface area contributed by atoms with E-state index in [2.05, 4.69) is 41.4 Å². The fraction of sp³-hybridized carbons (Fsp3) is 0.632. The summed E-state index contributed by atoms with van der Waals surface area (Å²) >= 11 is 5.88. The lowest BCUT2D eigenvalue weighted by molar-refractivity contribution is 0.224. The lowest BCUT2D eigenvalue weighted by Gasteiger charge is -2.21. The molecule has 5 nitrogen and oxygen atoms in total. The number of unbranched alkanes of at least 4 members (excludes halogenated alkanes) is 1. The van der Waals surface area contributed by atoms with Crippen LogP contribution < -0.4 is 15.4 Å². The lowest BCUT2D eigenvalue weighted by atomic mass is 10.2. The van der Waals surface area contributed by atoms with Gasteiger partial charge >= 0.3 is 0 Å². The second kappa shape index (κ2) is 14.3. The Balaban J connectivity index is 0.00000625. The Morgan fingerprint density at radius 3 is 2.38 bits per heavy atom. The SMILES string of the molecule is CN=C(NCCCCN(C)C(C)C)NCC(C)Oc1ccc(Cl)cc1.I. The monoisotopic (exact) mass is 496 g/mol. The molecule has 0 saturated carbocycles. The molecular formula is C19H34ClIN4O. The molecule has 1 aromatic rings. The highest BCUT2D eigenvalue weighted by Crippen LogP contribution is 2.16. The van der Waals surface area contributed by atoms with E-state index in [1.807, 2.05) is 31.2 Å².